The average Bonchev–Trinajstić information content (AvgIpc) is 2.47. The lowest BCUT2D eigenvalue weighted by molar-refractivity contribution is 0.516. The Balaban J connectivity index is 2.32. The van der Waals surface area contributed by atoms with Gasteiger partial charge in [0.05, 0.1) is 6.20 Å². The van der Waals surface area contributed by atoms with E-state index in [0.29, 0.717) is 18.3 Å². The average molecular weight is 251 g/mol. The lowest BCUT2D eigenvalue weighted by Crippen LogP contribution is -2.31. The molecule has 0 N–H and O–H groups in total. The maximum absolute atomic E-state index is 12.2. The number of aromatic nitrogens is 2. The van der Waals surface area contributed by atoms with E-state index in [1.807, 2.05) is 24.3 Å². The number of rotatable bonds is 1. The summed E-state index contributed by atoms with van der Waals surface area (Å²) >= 11 is 0. The molecule has 3 rings (SSSR count). The van der Waals surface area contributed by atoms with Crippen LogP contribution < -0.4 is 5.56 Å². The van der Waals surface area contributed by atoms with E-state index >= 15 is 0 Å². The van der Waals surface area contributed by atoms with Gasteiger partial charge in [-0.15, -0.1) is 0 Å². The minimum atomic E-state index is -0.236. The van der Waals surface area contributed by atoms with E-state index in [1.165, 1.54) is 11.8 Å². The van der Waals surface area contributed by atoms with Gasteiger partial charge < -0.3 is 0 Å². The quantitative estimate of drug-likeness (QED) is 0.781. The largest absolute Gasteiger partial charge is 0.291 e. The Morgan fingerprint density at radius 2 is 2.26 bits per heavy atom. The number of benzene rings is 1. The van der Waals surface area contributed by atoms with Gasteiger partial charge in [0, 0.05) is 18.0 Å². The minimum Gasteiger partial charge on any atom is -0.291 e. The first-order valence-electron chi connectivity index (χ1n) is 6.35. The second kappa shape index (κ2) is 4.36. The van der Waals surface area contributed by atoms with Crippen molar-refractivity contribution in [2.75, 3.05) is 0 Å². The molecule has 1 aromatic heterocycles. The monoisotopic (exact) mass is 251 g/mol. The van der Waals surface area contributed by atoms with Gasteiger partial charge in [0.2, 0.25) is 0 Å². The molecule has 1 aliphatic rings. The molecule has 19 heavy (non-hydrogen) atoms. The van der Waals surface area contributed by atoms with Crippen LogP contribution in [0.5, 0.6) is 0 Å². The fourth-order valence-corrected chi connectivity index (χ4v) is 2.68. The Morgan fingerprint density at radius 1 is 1.47 bits per heavy atom. The number of hydrogen-bond donors (Lipinski definition) is 0. The van der Waals surface area contributed by atoms with Crippen LogP contribution in [0.15, 0.2) is 35.3 Å². The topological polar surface area (TPSA) is 58.7 Å². The Hall–Kier alpha value is -2.41. The second-order valence-electron chi connectivity index (χ2n) is 4.72. The molecule has 0 saturated heterocycles. The molecule has 0 aliphatic carbocycles. The molecule has 0 bridgehead atoms. The summed E-state index contributed by atoms with van der Waals surface area (Å²) in [5.41, 5.74) is 2.11. The number of nitrogens with zero attached hydrogens (tertiary/aromatic N) is 3. The molecule has 0 fully saturated rings. The molecule has 0 saturated carbocycles. The van der Waals surface area contributed by atoms with E-state index in [4.69, 9.17) is 5.26 Å². The predicted molar refractivity (Wildman–Crippen MR) is 71.7 cm³/mol. The number of nitriles is 1. The van der Waals surface area contributed by atoms with Gasteiger partial charge in [-0.1, -0.05) is 31.2 Å². The summed E-state index contributed by atoms with van der Waals surface area (Å²) < 4.78 is 1.63. The van der Waals surface area contributed by atoms with Crippen LogP contribution in [0.1, 0.15) is 30.4 Å². The van der Waals surface area contributed by atoms with Gasteiger partial charge in [0.25, 0.3) is 5.56 Å². The van der Waals surface area contributed by atoms with Gasteiger partial charge in [0.1, 0.15) is 17.5 Å². The molecule has 1 atom stereocenters. The van der Waals surface area contributed by atoms with E-state index in [-0.39, 0.29) is 11.1 Å². The molecular weight excluding hydrogens is 238 g/mol. The fraction of sp³-hybridized carbons (Fsp3) is 0.267. The van der Waals surface area contributed by atoms with Crippen LogP contribution >= 0.6 is 0 Å². The molecule has 0 amide bonds. The third kappa shape index (κ3) is 1.66. The molecule has 1 aromatic carbocycles. The lowest BCUT2D eigenvalue weighted by atomic mass is 9.88. The maximum atomic E-state index is 12.2. The molecule has 1 unspecified atom stereocenters. The highest BCUT2D eigenvalue weighted by atomic mass is 16.1. The van der Waals surface area contributed by atoms with Crippen LogP contribution in [0.3, 0.4) is 0 Å². The molecular formula is C15H13N3O. The van der Waals surface area contributed by atoms with Crippen molar-refractivity contribution in [2.24, 2.45) is 0 Å². The Kier molecular flexibility index (Phi) is 2.68. The van der Waals surface area contributed by atoms with Crippen molar-refractivity contribution in [3.05, 3.63) is 51.9 Å². The highest BCUT2D eigenvalue weighted by Gasteiger charge is 2.25. The van der Waals surface area contributed by atoms with Crippen molar-refractivity contribution < 1.29 is 0 Å². The highest BCUT2D eigenvalue weighted by Crippen LogP contribution is 2.35. The van der Waals surface area contributed by atoms with Gasteiger partial charge in [-0.25, -0.2) is 4.98 Å². The van der Waals surface area contributed by atoms with Crippen molar-refractivity contribution >= 4 is 0 Å². The van der Waals surface area contributed by atoms with Crippen LogP contribution in [0, 0.1) is 11.3 Å². The summed E-state index contributed by atoms with van der Waals surface area (Å²) in [4.78, 5) is 16.5. The Bertz CT molecular complexity index is 740. The van der Waals surface area contributed by atoms with Crippen molar-refractivity contribution in [2.45, 2.75) is 25.8 Å². The minimum absolute atomic E-state index is 0.109. The van der Waals surface area contributed by atoms with Crippen molar-refractivity contribution in [1.82, 2.24) is 9.55 Å². The van der Waals surface area contributed by atoms with Crippen LogP contribution in [0.2, 0.25) is 0 Å². The Labute approximate surface area is 111 Å². The van der Waals surface area contributed by atoms with Gasteiger partial charge in [-0.3, -0.25) is 9.36 Å². The lowest BCUT2D eigenvalue weighted by Gasteiger charge is -2.27. The van der Waals surface area contributed by atoms with Crippen LogP contribution in [-0.2, 0) is 6.54 Å². The summed E-state index contributed by atoms with van der Waals surface area (Å²) in [6.07, 6.45) is 2.33. The Morgan fingerprint density at radius 3 is 3.00 bits per heavy atom. The molecule has 94 valence electrons. The third-order valence-electron chi connectivity index (χ3n) is 3.70. The standard InChI is InChI=1S/C15H13N3O/c1-2-10-9-18-14(13-6-4-3-5-12(10)13)17-8-11(7-16)15(18)19/h3-6,8,10H,2,9H2,1H3. The number of hydrogen-bond acceptors (Lipinski definition) is 3. The zero-order valence-electron chi connectivity index (χ0n) is 10.6. The van der Waals surface area contributed by atoms with Gasteiger partial charge in [0.15, 0.2) is 0 Å². The first-order chi connectivity index (χ1) is 9.26. The molecule has 0 radical (unpaired) electrons. The fourth-order valence-electron chi connectivity index (χ4n) is 2.68. The first kappa shape index (κ1) is 11.7. The summed E-state index contributed by atoms with van der Waals surface area (Å²) in [7, 11) is 0. The number of fused-ring (bicyclic) bond motifs is 3. The van der Waals surface area contributed by atoms with Crippen molar-refractivity contribution in [3.63, 3.8) is 0 Å². The van der Waals surface area contributed by atoms with Crippen molar-refractivity contribution in [3.8, 4) is 17.5 Å². The SMILES string of the molecule is CCC1Cn2c(ncc(C#N)c2=O)-c2ccccc21. The van der Waals surface area contributed by atoms with Crippen LogP contribution in [-0.4, -0.2) is 9.55 Å². The zero-order chi connectivity index (χ0) is 13.4. The van der Waals surface area contributed by atoms with E-state index in [0.717, 1.165) is 12.0 Å². The zero-order valence-corrected chi connectivity index (χ0v) is 10.6. The van der Waals surface area contributed by atoms with Crippen molar-refractivity contribution in [1.29, 1.82) is 5.26 Å². The maximum Gasteiger partial charge on any atom is 0.271 e. The molecule has 4 heteroatoms. The molecule has 4 nitrogen and oxygen atoms in total. The van der Waals surface area contributed by atoms with E-state index < -0.39 is 0 Å². The smallest absolute Gasteiger partial charge is 0.271 e. The molecule has 2 heterocycles. The highest BCUT2D eigenvalue weighted by molar-refractivity contribution is 5.63. The third-order valence-corrected chi connectivity index (χ3v) is 3.70. The summed E-state index contributed by atoms with van der Waals surface area (Å²) in [6.45, 7) is 2.71. The summed E-state index contributed by atoms with van der Waals surface area (Å²) in [6, 6.07) is 9.95. The second-order valence-corrected chi connectivity index (χ2v) is 4.72. The summed E-state index contributed by atoms with van der Waals surface area (Å²) in [5.74, 6) is 0.974. The molecule has 0 spiro atoms. The van der Waals surface area contributed by atoms with E-state index in [2.05, 4.69) is 18.0 Å². The first-order valence-corrected chi connectivity index (χ1v) is 6.35. The van der Waals surface area contributed by atoms with Gasteiger partial charge in [-0.2, -0.15) is 5.26 Å². The predicted octanol–water partition coefficient (Wildman–Crippen LogP) is 2.29. The van der Waals surface area contributed by atoms with Gasteiger partial charge >= 0.3 is 0 Å². The molecule has 2 aromatic rings. The normalized spacial score (nSPS) is 16.3. The van der Waals surface area contributed by atoms with E-state index in [9.17, 15) is 4.79 Å². The van der Waals surface area contributed by atoms with Crippen LogP contribution in [0.25, 0.3) is 11.4 Å². The van der Waals surface area contributed by atoms with Crippen LogP contribution in [0.4, 0.5) is 0 Å². The van der Waals surface area contributed by atoms with E-state index in [1.54, 1.807) is 4.57 Å². The van der Waals surface area contributed by atoms with Gasteiger partial charge in [-0.05, 0) is 12.0 Å². The summed E-state index contributed by atoms with van der Waals surface area (Å²) in [5, 5.41) is 8.94. The molecule has 1 aliphatic heterocycles.